The molecule has 0 radical (unpaired) electrons. The van der Waals surface area contributed by atoms with Gasteiger partial charge in [0.1, 0.15) is 18.1 Å². The van der Waals surface area contributed by atoms with E-state index in [1.807, 2.05) is 79.7 Å². The largest absolute Gasteiger partial charge is 0.489 e. The number of nitrogens with zero attached hydrogens (tertiary/aromatic N) is 1. The Balaban J connectivity index is 1.46. The summed E-state index contributed by atoms with van der Waals surface area (Å²) in [5.74, 6) is 1.52. The van der Waals surface area contributed by atoms with E-state index in [4.69, 9.17) is 9.47 Å². The molecule has 1 N–H and O–H groups in total. The molecule has 3 rings (SSSR count). The number of rotatable bonds is 9. The fourth-order valence-corrected chi connectivity index (χ4v) is 2.99. The van der Waals surface area contributed by atoms with Gasteiger partial charge in [-0.1, -0.05) is 56.3 Å². The van der Waals surface area contributed by atoms with E-state index in [0.717, 1.165) is 33.8 Å². The lowest BCUT2D eigenvalue weighted by Crippen LogP contribution is -2.25. The van der Waals surface area contributed by atoms with Gasteiger partial charge in [-0.2, -0.15) is 5.10 Å². The summed E-state index contributed by atoms with van der Waals surface area (Å²) in [6.45, 7) is 6.62. The maximum Gasteiger partial charge on any atom is 0.277 e. The maximum atomic E-state index is 12.1. The number of hydrogen-bond acceptors (Lipinski definition) is 4. The van der Waals surface area contributed by atoms with Crippen molar-refractivity contribution in [1.29, 1.82) is 0 Å². The highest BCUT2D eigenvalue weighted by molar-refractivity contribution is 5.83. The van der Waals surface area contributed by atoms with Gasteiger partial charge >= 0.3 is 0 Å². The van der Waals surface area contributed by atoms with Crippen molar-refractivity contribution in [3.05, 3.63) is 95.1 Å². The second kappa shape index (κ2) is 11.0. The Morgan fingerprint density at radius 3 is 2.45 bits per heavy atom. The zero-order chi connectivity index (χ0) is 22.1. The van der Waals surface area contributed by atoms with Crippen LogP contribution in [0.15, 0.2) is 77.9 Å². The van der Waals surface area contributed by atoms with E-state index in [1.165, 1.54) is 0 Å². The topological polar surface area (TPSA) is 59.9 Å². The number of carbonyl (C=O) groups is 1. The number of amides is 1. The lowest BCUT2D eigenvalue weighted by molar-refractivity contribution is -0.123. The third-order valence-electron chi connectivity index (χ3n) is 4.68. The van der Waals surface area contributed by atoms with Gasteiger partial charge < -0.3 is 9.47 Å². The Hall–Kier alpha value is -3.60. The molecule has 1 amide bonds. The van der Waals surface area contributed by atoms with Crippen molar-refractivity contribution in [3.63, 3.8) is 0 Å². The molecule has 5 heteroatoms. The second-order valence-electron chi connectivity index (χ2n) is 7.62. The molecule has 160 valence electrons. The molecule has 0 aliphatic rings. The summed E-state index contributed by atoms with van der Waals surface area (Å²) >= 11 is 0. The van der Waals surface area contributed by atoms with Gasteiger partial charge in [-0.25, -0.2) is 5.43 Å². The molecule has 0 aliphatic heterocycles. The molecule has 0 saturated carbocycles. The van der Waals surface area contributed by atoms with Crippen molar-refractivity contribution in [2.24, 2.45) is 5.10 Å². The molecule has 0 aliphatic carbocycles. The first-order valence-electron chi connectivity index (χ1n) is 10.3. The number of ether oxygens (including phenoxy) is 2. The predicted molar refractivity (Wildman–Crippen MR) is 124 cm³/mol. The first-order chi connectivity index (χ1) is 15.0. The molecular weight excluding hydrogens is 388 g/mol. The van der Waals surface area contributed by atoms with E-state index < -0.39 is 0 Å². The van der Waals surface area contributed by atoms with Gasteiger partial charge in [-0.15, -0.1) is 0 Å². The molecule has 31 heavy (non-hydrogen) atoms. The molecule has 5 nitrogen and oxygen atoms in total. The van der Waals surface area contributed by atoms with Crippen LogP contribution >= 0.6 is 0 Å². The molecule has 3 aromatic carbocycles. The van der Waals surface area contributed by atoms with Crippen molar-refractivity contribution in [1.82, 2.24) is 5.43 Å². The Bertz CT molecular complexity index is 1010. The standard InChI is InChI=1S/C26H28N2O3/c1-19(2)24-14-9-20(3)15-25(24)31-18-26(29)28-27-16-21-10-12-23(13-11-21)30-17-22-7-5-4-6-8-22/h4-16,19H,17-18H2,1-3H3,(H,28,29). The smallest absolute Gasteiger partial charge is 0.277 e. The molecule has 0 aromatic heterocycles. The highest BCUT2D eigenvalue weighted by Gasteiger charge is 2.10. The van der Waals surface area contributed by atoms with Crippen molar-refractivity contribution >= 4 is 12.1 Å². The molecule has 0 heterocycles. The summed E-state index contributed by atoms with van der Waals surface area (Å²) in [7, 11) is 0. The molecule has 0 saturated heterocycles. The van der Waals surface area contributed by atoms with Gasteiger partial charge in [0.2, 0.25) is 0 Å². The minimum atomic E-state index is -0.310. The van der Waals surface area contributed by atoms with E-state index in [9.17, 15) is 4.79 Å². The van der Waals surface area contributed by atoms with Gasteiger partial charge in [0, 0.05) is 0 Å². The number of benzene rings is 3. The number of aryl methyl sites for hydroxylation is 1. The van der Waals surface area contributed by atoms with Crippen LogP contribution in [0.2, 0.25) is 0 Å². The number of nitrogens with one attached hydrogen (secondary N) is 1. The SMILES string of the molecule is Cc1ccc(C(C)C)c(OCC(=O)NN=Cc2ccc(OCc3ccccc3)cc2)c1. The molecule has 0 unspecified atom stereocenters. The van der Waals surface area contributed by atoms with Crippen LogP contribution in [0.3, 0.4) is 0 Å². The van der Waals surface area contributed by atoms with Crippen LogP contribution in [0.25, 0.3) is 0 Å². The third-order valence-corrected chi connectivity index (χ3v) is 4.68. The van der Waals surface area contributed by atoms with E-state index >= 15 is 0 Å². The number of hydrogen-bond donors (Lipinski definition) is 1. The lowest BCUT2D eigenvalue weighted by Gasteiger charge is -2.14. The summed E-state index contributed by atoms with van der Waals surface area (Å²) in [4.78, 5) is 12.1. The predicted octanol–water partition coefficient (Wildman–Crippen LogP) is 5.23. The fourth-order valence-electron chi connectivity index (χ4n) is 2.99. The first-order valence-corrected chi connectivity index (χ1v) is 10.3. The van der Waals surface area contributed by atoms with Gasteiger partial charge in [0.05, 0.1) is 6.21 Å². The van der Waals surface area contributed by atoms with Gasteiger partial charge in [0.15, 0.2) is 6.61 Å². The lowest BCUT2D eigenvalue weighted by atomic mass is 10.0. The van der Waals surface area contributed by atoms with Gasteiger partial charge in [-0.05, 0) is 65.4 Å². The van der Waals surface area contributed by atoms with E-state index in [0.29, 0.717) is 12.5 Å². The Morgan fingerprint density at radius 2 is 1.74 bits per heavy atom. The first kappa shape index (κ1) is 22.1. The number of hydrazone groups is 1. The minimum Gasteiger partial charge on any atom is -0.489 e. The minimum absolute atomic E-state index is 0.0905. The summed E-state index contributed by atoms with van der Waals surface area (Å²) in [6.07, 6.45) is 1.59. The molecular formula is C26H28N2O3. The Kier molecular flexibility index (Phi) is 7.82. The monoisotopic (exact) mass is 416 g/mol. The quantitative estimate of drug-likeness (QED) is 0.384. The molecule has 0 fully saturated rings. The van der Waals surface area contributed by atoms with Crippen LogP contribution in [0.4, 0.5) is 0 Å². The average Bonchev–Trinajstić information content (AvgIpc) is 2.77. The van der Waals surface area contributed by atoms with E-state index in [1.54, 1.807) is 6.21 Å². The molecule has 0 bridgehead atoms. The van der Waals surface area contributed by atoms with Gasteiger partial charge in [0.25, 0.3) is 5.91 Å². The van der Waals surface area contributed by atoms with Crippen LogP contribution in [-0.4, -0.2) is 18.7 Å². The van der Waals surface area contributed by atoms with Crippen molar-refractivity contribution in [3.8, 4) is 11.5 Å². The normalized spacial score (nSPS) is 11.0. The highest BCUT2D eigenvalue weighted by atomic mass is 16.5. The van der Waals surface area contributed by atoms with Crippen molar-refractivity contribution in [2.75, 3.05) is 6.61 Å². The molecule has 0 atom stereocenters. The van der Waals surface area contributed by atoms with E-state index in [2.05, 4.69) is 24.4 Å². The summed E-state index contributed by atoms with van der Waals surface area (Å²) in [5, 5.41) is 4.01. The van der Waals surface area contributed by atoms with Crippen LogP contribution in [0.5, 0.6) is 11.5 Å². The van der Waals surface area contributed by atoms with Crippen LogP contribution in [-0.2, 0) is 11.4 Å². The fraction of sp³-hybridized carbons (Fsp3) is 0.231. The van der Waals surface area contributed by atoms with Crippen LogP contribution in [0.1, 0.15) is 42.0 Å². The van der Waals surface area contributed by atoms with E-state index in [-0.39, 0.29) is 12.5 Å². The highest BCUT2D eigenvalue weighted by Crippen LogP contribution is 2.27. The Morgan fingerprint density at radius 1 is 1.00 bits per heavy atom. The zero-order valence-corrected chi connectivity index (χ0v) is 18.2. The second-order valence-corrected chi connectivity index (χ2v) is 7.62. The zero-order valence-electron chi connectivity index (χ0n) is 18.2. The van der Waals surface area contributed by atoms with Crippen molar-refractivity contribution in [2.45, 2.75) is 33.3 Å². The van der Waals surface area contributed by atoms with Gasteiger partial charge in [-0.3, -0.25) is 4.79 Å². The van der Waals surface area contributed by atoms with Crippen LogP contribution in [0, 0.1) is 6.92 Å². The maximum absolute atomic E-state index is 12.1. The van der Waals surface area contributed by atoms with Crippen LogP contribution < -0.4 is 14.9 Å². The number of carbonyl (C=O) groups excluding carboxylic acids is 1. The Labute approximate surface area is 183 Å². The summed E-state index contributed by atoms with van der Waals surface area (Å²) < 4.78 is 11.5. The average molecular weight is 417 g/mol. The third kappa shape index (κ3) is 7.00. The molecule has 3 aromatic rings. The summed E-state index contributed by atoms with van der Waals surface area (Å²) in [6, 6.07) is 23.6. The molecule has 0 spiro atoms. The summed E-state index contributed by atoms with van der Waals surface area (Å²) in [5.41, 5.74) is 6.64. The van der Waals surface area contributed by atoms with Crippen molar-refractivity contribution < 1.29 is 14.3 Å².